The zero-order valence-electron chi connectivity index (χ0n) is 14.4. The lowest BCUT2D eigenvalue weighted by Gasteiger charge is -2.20. The molecule has 25 heavy (non-hydrogen) atoms. The molecule has 1 N–H and O–H groups in total. The Morgan fingerprint density at radius 3 is 2.32 bits per heavy atom. The Kier molecular flexibility index (Phi) is 5.38. The Balaban J connectivity index is 1.71. The number of hydrogen-bond acceptors (Lipinski definition) is 5. The van der Waals surface area contributed by atoms with Crippen molar-refractivity contribution < 1.29 is 9.59 Å². The predicted molar refractivity (Wildman–Crippen MR) is 97.1 cm³/mol. The van der Waals surface area contributed by atoms with Gasteiger partial charge in [-0.3, -0.25) is 9.59 Å². The second-order valence-corrected chi connectivity index (χ2v) is 6.23. The number of ketones is 1. The summed E-state index contributed by atoms with van der Waals surface area (Å²) < 4.78 is 0. The van der Waals surface area contributed by atoms with Crippen LogP contribution in [0.2, 0.25) is 0 Å². The third-order valence-corrected chi connectivity index (χ3v) is 4.31. The van der Waals surface area contributed by atoms with Crippen LogP contribution < -0.4 is 10.2 Å². The van der Waals surface area contributed by atoms with Gasteiger partial charge in [-0.1, -0.05) is 12.8 Å². The van der Waals surface area contributed by atoms with Crippen LogP contribution in [0.1, 0.15) is 53.5 Å². The number of nitrogens with one attached hydrogen (secondary N) is 1. The van der Waals surface area contributed by atoms with E-state index < -0.39 is 0 Å². The van der Waals surface area contributed by atoms with Crippen molar-refractivity contribution in [1.29, 1.82) is 0 Å². The molecule has 3 rings (SSSR count). The van der Waals surface area contributed by atoms with Gasteiger partial charge in [-0.05, 0) is 50.1 Å². The van der Waals surface area contributed by atoms with Crippen molar-refractivity contribution in [2.75, 3.05) is 23.3 Å². The van der Waals surface area contributed by atoms with Gasteiger partial charge in [-0.25, -0.2) is 9.97 Å². The van der Waals surface area contributed by atoms with E-state index in [-0.39, 0.29) is 11.7 Å². The Bertz CT molecular complexity index is 750. The van der Waals surface area contributed by atoms with Crippen LogP contribution in [0.4, 0.5) is 11.6 Å². The van der Waals surface area contributed by atoms with E-state index in [9.17, 15) is 9.59 Å². The molecule has 0 atom stereocenters. The minimum atomic E-state index is -0.283. The van der Waals surface area contributed by atoms with Gasteiger partial charge in [0.05, 0.1) is 0 Å². The minimum absolute atomic E-state index is 0.00392. The zero-order valence-corrected chi connectivity index (χ0v) is 14.4. The Morgan fingerprint density at radius 2 is 1.68 bits per heavy atom. The van der Waals surface area contributed by atoms with Gasteiger partial charge in [0.25, 0.3) is 5.91 Å². The van der Waals surface area contributed by atoms with Crippen molar-refractivity contribution in [2.45, 2.75) is 32.6 Å². The highest BCUT2D eigenvalue weighted by Gasteiger charge is 2.15. The van der Waals surface area contributed by atoms with Gasteiger partial charge in [-0.2, -0.15) is 0 Å². The predicted octanol–water partition coefficient (Wildman–Crippen LogP) is 3.31. The lowest BCUT2D eigenvalue weighted by molar-refractivity contribution is 0.101. The van der Waals surface area contributed by atoms with Crippen LogP contribution in [0.25, 0.3) is 0 Å². The molecule has 0 saturated carbocycles. The summed E-state index contributed by atoms with van der Waals surface area (Å²) in [6.07, 6.45) is 6.34. The molecule has 1 saturated heterocycles. The van der Waals surface area contributed by atoms with Crippen LogP contribution >= 0.6 is 0 Å². The third kappa shape index (κ3) is 4.41. The molecule has 1 aromatic carbocycles. The third-order valence-electron chi connectivity index (χ3n) is 4.31. The normalized spacial score (nSPS) is 14.7. The maximum atomic E-state index is 12.4. The second-order valence-electron chi connectivity index (χ2n) is 6.23. The molecule has 1 amide bonds. The fourth-order valence-corrected chi connectivity index (χ4v) is 2.88. The molecule has 0 spiro atoms. The molecule has 2 aromatic rings. The van der Waals surface area contributed by atoms with Gasteiger partial charge in [0.2, 0.25) is 5.95 Å². The summed E-state index contributed by atoms with van der Waals surface area (Å²) in [5.74, 6) is 0.325. The average molecular weight is 338 g/mol. The van der Waals surface area contributed by atoms with Crippen molar-refractivity contribution in [2.24, 2.45) is 0 Å². The molecule has 1 fully saturated rings. The second kappa shape index (κ2) is 7.88. The van der Waals surface area contributed by atoms with E-state index in [0.29, 0.717) is 22.9 Å². The van der Waals surface area contributed by atoms with E-state index in [0.717, 1.165) is 25.9 Å². The maximum absolute atomic E-state index is 12.4. The largest absolute Gasteiger partial charge is 0.341 e. The van der Waals surface area contributed by atoms with Crippen LogP contribution in [-0.4, -0.2) is 34.7 Å². The maximum Gasteiger partial charge on any atom is 0.274 e. The first-order chi connectivity index (χ1) is 12.1. The van der Waals surface area contributed by atoms with Gasteiger partial charge >= 0.3 is 0 Å². The van der Waals surface area contributed by atoms with Crippen molar-refractivity contribution in [3.63, 3.8) is 0 Å². The van der Waals surface area contributed by atoms with Crippen LogP contribution in [0, 0.1) is 0 Å². The van der Waals surface area contributed by atoms with Crippen LogP contribution in [0.15, 0.2) is 36.5 Å². The minimum Gasteiger partial charge on any atom is -0.341 e. The molecule has 1 aliphatic heterocycles. The summed E-state index contributed by atoms with van der Waals surface area (Å²) in [5, 5.41) is 2.81. The standard InChI is InChI=1S/C19H22N4O2/c1-14(24)15-6-8-16(9-7-15)21-18(25)17-10-11-20-19(22-17)23-12-4-2-3-5-13-23/h6-11H,2-5,12-13H2,1H3,(H,21,25). The van der Waals surface area contributed by atoms with Crippen molar-refractivity contribution >= 4 is 23.3 Å². The molecule has 6 heteroatoms. The lowest BCUT2D eigenvalue weighted by Crippen LogP contribution is -2.27. The van der Waals surface area contributed by atoms with E-state index >= 15 is 0 Å². The number of hydrogen-bond donors (Lipinski definition) is 1. The number of benzene rings is 1. The highest BCUT2D eigenvalue weighted by Crippen LogP contribution is 2.16. The fourth-order valence-electron chi connectivity index (χ4n) is 2.88. The molecule has 6 nitrogen and oxygen atoms in total. The average Bonchev–Trinajstić information content (AvgIpc) is 2.92. The van der Waals surface area contributed by atoms with Gasteiger partial charge in [-0.15, -0.1) is 0 Å². The Morgan fingerprint density at radius 1 is 1.00 bits per heavy atom. The molecule has 1 aliphatic rings. The molecular weight excluding hydrogens is 316 g/mol. The number of nitrogens with zero attached hydrogens (tertiary/aromatic N) is 3. The fraction of sp³-hybridized carbons (Fsp3) is 0.368. The van der Waals surface area contributed by atoms with E-state index in [1.54, 1.807) is 36.5 Å². The summed E-state index contributed by atoms with van der Waals surface area (Å²) in [6.45, 7) is 3.37. The van der Waals surface area contributed by atoms with Crippen molar-refractivity contribution in [3.8, 4) is 0 Å². The number of Topliss-reactive ketones (excluding diaryl/α,β-unsaturated/α-hetero) is 1. The number of anilines is 2. The highest BCUT2D eigenvalue weighted by molar-refractivity contribution is 6.03. The lowest BCUT2D eigenvalue weighted by atomic mass is 10.1. The van der Waals surface area contributed by atoms with Gasteiger partial charge in [0.1, 0.15) is 5.69 Å². The van der Waals surface area contributed by atoms with Crippen LogP contribution in [-0.2, 0) is 0 Å². The summed E-state index contributed by atoms with van der Waals surface area (Å²) in [7, 11) is 0. The molecule has 1 aromatic heterocycles. The first kappa shape index (κ1) is 17.1. The molecule has 130 valence electrons. The first-order valence-electron chi connectivity index (χ1n) is 8.64. The van der Waals surface area contributed by atoms with Crippen LogP contribution in [0.3, 0.4) is 0 Å². The molecule has 2 heterocycles. The Hall–Kier alpha value is -2.76. The van der Waals surface area contributed by atoms with Gasteiger partial charge in [0, 0.05) is 30.5 Å². The summed E-state index contributed by atoms with van der Waals surface area (Å²) in [4.78, 5) is 34.6. The van der Waals surface area contributed by atoms with Crippen molar-refractivity contribution in [1.82, 2.24) is 9.97 Å². The number of carbonyl (C=O) groups is 2. The number of carbonyl (C=O) groups excluding carboxylic acids is 2. The van der Waals surface area contributed by atoms with E-state index in [2.05, 4.69) is 20.2 Å². The highest BCUT2D eigenvalue weighted by atomic mass is 16.2. The Labute approximate surface area is 147 Å². The molecule has 0 bridgehead atoms. The van der Waals surface area contributed by atoms with Crippen LogP contribution in [0.5, 0.6) is 0 Å². The van der Waals surface area contributed by atoms with E-state index in [1.165, 1.54) is 19.8 Å². The quantitative estimate of drug-likeness (QED) is 0.866. The molecule has 0 unspecified atom stereocenters. The SMILES string of the molecule is CC(=O)c1ccc(NC(=O)c2ccnc(N3CCCCCC3)n2)cc1. The summed E-state index contributed by atoms with van der Waals surface area (Å²) in [6, 6.07) is 8.43. The molecule has 0 aliphatic carbocycles. The van der Waals surface area contributed by atoms with Gasteiger partial charge in [0.15, 0.2) is 5.78 Å². The smallest absolute Gasteiger partial charge is 0.274 e. The topological polar surface area (TPSA) is 75.2 Å². The monoisotopic (exact) mass is 338 g/mol. The number of rotatable bonds is 4. The van der Waals surface area contributed by atoms with E-state index in [1.807, 2.05) is 0 Å². The molecular formula is C19H22N4O2. The zero-order chi connectivity index (χ0) is 17.6. The summed E-state index contributed by atoms with van der Waals surface area (Å²) in [5.41, 5.74) is 1.58. The molecule has 0 radical (unpaired) electrons. The van der Waals surface area contributed by atoms with Gasteiger partial charge < -0.3 is 10.2 Å². The van der Waals surface area contributed by atoms with E-state index in [4.69, 9.17) is 0 Å². The first-order valence-corrected chi connectivity index (χ1v) is 8.64. The summed E-state index contributed by atoms with van der Waals surface area (Å²) >= 11 is 0. The van der Waals surface area contributed by atoms with Crippen molar-refractivity contribution in [3.05, 3.63) is 47.8 Å². The number of amides is 1. The number of aromatic nitrogens is 2.